The number of urea groups is 1. The highest BCUT2D eigenvalue weighted by atomic mass is 16.4. The Labute approximate surface area is 130 Å². The van der Waals surface area contributed by atoms with E-state index in [1.165, 1.54) is 0 Å². The van der Waals surface area contributed by atoms with Gasteiger partial charge in [0.1, 0.15) is 0 Å². The lowest BCUT2D eigenvalue weighted by Crippen LogP contribution is -2.49. The van der Waals surface area contributed by atoms with Gasteiger partial charge in [0.25, 0.3) is 0 Å². The summed E-state index contributed by atoms with van der Waals surface area (Å²) in [4.78, 5) is 24.9. The number of amides is 2. The minimum atomic E-state index is -0.819. The van der Waals surface area contributed by atoms with Gasteiger partial charge in [-0.25, -0.2) is 4.79 Å². The number of piperidine rings is 1. The number of aromatic nitrogens is 2. The zero-order valence-electron chi connectivity index (χ0n) is 13.2. The van der Waals surface area contributed by atoms with Crippen LogP contribution in [0.1, 0.15) is 25.3 Å². The molecule has 2 amide bonds. The Morgan fingerprint density at radius 3 is 2.86 bits per heavy atom. The normalized spacial score (nSPS) is 21.6. The van der Waals surface area contributed by atoms with Gasteiger partial charge in [-0.15, -0.1) is 0 Å². The van der Waals surface area contributed by atoms with E-state index in [0.717, 1.165) is 18.4 Å². The van der Waals surface area contributed by atoms with E-state index < -0.39 is 11.9 Å². The molecule has 0 radical (unpaired) electrons. The molecule has 1 aliphatic heterocycles. The molecule has 0 bridgehead atoms. The predicted molar refractivity (Wildman–Crippen MR) is 81.4 cm³/mol. The quantitative estimate of drug-likeness (QED) is 0.798. The number of likely N-dealkylation sites (tertiary alicyclic amines) is 1. The first-order valence-electron chi connectivity index (χ1n) is 7.69. The van der Waals surface area contributed by atoms with Crippen molar-refractivity contribution >= 4 is 12.0 Å². The van der Waals surface area contributed by atoms with E-state index in [4.69, 9.17) is 5.11 Å². The van der Waals surface area contributed by atoms with Gasteiger partial charge >= 0.3 is 12.0 Å². The van der Waals surface area contributed by atoms with E-state index in [9.17, 15) is 9.59 Å². The molecule has 2 rings (SSSR count). The molecule has 0 saturated carbocycles. The lowest BCUT2D eigenvalue weighted by Gasteiger charge is -2.34. The fraction of sp³-hybridized carbons (Fsp3) is 0.667. The average Bonchev–Trinajstić information content (AvgIpc) is 2.88. The van der Waals surface area contributed by atoms with Gasteiger partial charge in [-0.2, -0.15) is 5.10 Å². The summed E-state index contributed by atoms with van der Waals surface area (Å²) < 4.78 is 1.76. The number of aliphatic carboxylic acids is 1. The lowest BCUT2D eigenvalue weighted by molar-refractivity contribution is -0.143. The zero-order valence-corrected chi connectivity index (χ0v) is 13.2. The van der Waals surface area contributed by atoms with E-state index in [1.54, 1.807) is 9.58 Å². The second-order valence-corrected chi connectivity index (χ2v) is 6.14. The first-order chi connectivity index (χ1) is 10.5. The molecule has 22 heavy (non-hydrogen) atoms. The summed E-state index contributed by atoms with van der Waals surface area (Å²) in [5.74, 6) is -1.05. The maximum absolute atomic E-state index is 12.1. The molecule has 7 nitrogen and oxygen atoms in total. The summed E-state index contributed by atoms with van der Waals surface area (Å²) in [6.45, 7) is 3.49. The van der Waals surface area contributed by atoms with Crippen LogP contribution in [0, 0.1) is 11.8 Å². The second kappa shape index (κ2) is 7.29. The molecule has 7 heteroatoms. The Balaban J connectivity index is 1.73. The number of carboxylic acids is 1. The second-order valence-electron chi connectivity index (χ2n) is 6.14. The van der Waals surface area contributed by atoms with Crippen molar-refractivity contribution in [1.29, 1.82) is 0 Å². The predicted octanol–water partition coefficient (Wildman–Crippen LogP) is 1.10. The molecule has 2 N–H and O–H groups in total. The van der Waals surface area contributed by atoms with Crippen molar-refractivity contribution < 1.29 is 14.7 Å². The van der Waals surface area contributed by atoms with Crippen LogP contribution in [0.5, 0.6) is 0 Å². The largest absolute Gasteiger partial charge is 0.481 e. The standard InChI is InChI=1S/C15H24N4O3/c1-11-6-13(14(20)21)10-19(8-11)15(22)16-5-3-4-12-7-17-18(2)9-12/h7,9,11,13H,3-6,8,10H2,1-2H3,(H,16,22)(H,20,21). The first-order valence-corrected chi connectivity index (χ1v) is 7.69. The van der Waals surface area contributed by atoms with Crippen LogP contribution < -0.4 is 5.32 Å². The number of nitrogens with one attached hydrogen (secondary N) is 1. The van der Waals surface area contributed by atoms with Crippen molar-refractivity contribution in [2.45, 2.75) is 26.2 Å². The van der Waals surface area contributed by atoms with Crippen LogP contribution in [0.3, 0.4) is 0 Å². The van der Waals surface area contributed by atoms with Crippen LogP contribution in [-0.2, 0) is 18.3 Å². The number of carbonyl (C=O) groups is 2. The number of hydrogen-bond donors (Lipinski definition) is 2. The Kier molecular flexibility index (Phi) is 5.41. The van der Waals surface area contributed by atoms with Crippen LogP contribution in [-0.4, -0.2) is 51.4 Å². The highest BCUT2D eigenvalue weighted by Crippen LogP contribution is 2.21. The maximum atomic E-state index is 12.1. The summed E-state index contributed by atoms with van der Waals surface area (Å²) in [5.41, 5.74) is 1.15. The molecule has 0 spiro atoms. The van der Waals surface area contributed by atoms with Gasteiger partial charge in [0.05, 0.1) is 12.1 Å². The molecule has 2 heterocycles. The minimum absolute atomic E-state index is 0.163. The minimum Gasteiger partial charge on any atom is -0.481 e. The monoisotopic (exact) mass is 308 g/mol. The molecule has 0 aromatic carbocycles. The molecular formula is C15H24N4O3. The summed E-state index contributed by atoms with van der Waals surface area (Å²) >= 11 is 0. The molecule has 0 aliphatic carbocycles. The highest BCUT2D eigenvalue weighted by molar-refractivity contribution is 5.76. The summed E-state index contributed by atoms with van der Waals surface area (Å²) in [5, 5.41) is 16.1. The Hall–Kier alpha value is -2.05. The fourth-order valence-corrected chi connectivity index (χ4v) is 2.90. The first kappa shape index (κ1) is 16.3. The SMILES string of the molecule is CC1CC(C(=O)O)CN(C(=O)NCCCc2cnn(C)c2)C1. The number of aryl methyl sites for hydroxylation is 2. The maximum Gasteiger partial charge on any atom is 0.317 e. The average molecular weight is 308 g/mol. The molecule has 122 valence electrons. The third-order valence-corrected chi connectivity index (χ3v) is 3.97. The van der Waals surface area contributed by atoms with Gasteiger partial charge in [-0.05, 0) is 30.7 Å². The number of hydrogen-bond acceptors (Lipinski definition) is 3. The van der Waals surface area contributed by atoms with Gasteiger partial charge < -0.3 is 15.3 Å². The van der Waals surface area contributed by atoms with E-state index in [0.29, 0.717) is 26.1 Å². The smallest absolute Gasteiger partial charge is 0.317 e. The van der Waals surface area contributed by atoms with Crippen molar-refractivity contribution in [3.63, 3.8) is 0 Å². The molecule has 1 saturated heterocycles. The van der Waals surface area contributed by atoms with Gasteiger partial charge in [-0.1, -0.05) is 6.92 Å². The number of rotatable bonds is 5. The van der Waals surface area contributed by atoms with Crippen molar-refractivity contribution in [3.05, 3.63) is 18.0 Å². The van der Waals surface area contributed by atoms with Gasteiger partial charge in [-0.3, -0.25) is 9.48 Å². The Morgan fingerprint density at radius 2 is 2.23 bits per heavy atom. The molecule has 2 atom stereocenters. The zero-order chi connectivity index (χ0) is 16.1. The van der Waals surface area contributed by atoms with Crippen molar-refractivity contribution in [2.24, 2.45) is 18.9 Å². The molecule has 2 unspecified atom stereocenters. The number of carboxylic acid groups (broad SMARTS) is 1. The van der Waals surface area contributed by atoms with Crippen LogP contribution in [0.4, 0.5) is 4.79 Å². The van der Waals surface area contributed by atoms with Crippen molar-refractivity contribution in [2.75, 3.05) is 19.6 Å². The number of nitrogens with zero attached hydrogens (tertiary/aromatic N) is 3. The molecule has 1 aromatic rings. The van der Waals surface area contributed by atoms with Gasteiger partial charge in [0, 0.05) is 32.9 Å². The van der Waals surface area contributed by atoms with Crippen LogP contribution in [0.15, 0.2) is 12.4 Å². The topological polar surface area (TPSA) is 87.5 Å². The third kappa shape index (κ3) is 4.47. The van der Waals surface area contributed by atoms with Gasteiger partial charge in [0.15, 0.2) is 0 Å². The number of carbonyl (C=O) groups excluding carboxylic acids is 1. The van der Waals surface area contributed by atoms with Crippen molar-refractivity contribution in [1.82, 2.24) is 20.0 Å². The fourth-order valence-electron chi connectivity index (χ4n) is 2.90. The molecule has 1 aliphatic rings. The van der Waals surface area contributed by atoms with Crippen LogP contribution in [0.25, 0.3) is 0 Å². The van der Waals surface area contributed by atoms with E-state index in [-0.39, 0.29) is 11.9 Å². The van der Waals surface area contributed by atoms with Gasteiger partial charge in [0.2, 0.25) is 0 Å². The van der Waals surface area contributed by atoms with E-state index in [2.05, 4.69) is 10.4 Å². The lowest BCUT2D eigenvalue weighted by atomic mass is 9.91. The Morgan fingerprint density at radius 1 is 1.45 bits per heavy atom. The summed E-state index contributed by atoms with van der Waals surface area (Å²) in [7, 11) is 1.88. The molecular weight excluding hydrogens is 284 g/mol. The van der Waals surface area contributed by atoms with Crippen LogP contribution >= 0.6 is 0 Å². The molecule has 1 aromatic heterocycles. The highest BCUT2D eigenvalue weighted by Gasteiger charge is 2.31. The van der Waals surface area contributed by atoms with Crippen molar-refractivity contribution in [3.8, 4) is 0 Å². The summed E-state index contributed by atoms with van der Waals surface area (Å²) in [6, 6.07) is -0.163. The Bertz CT molecular complexity index is 529. The van der Waals surface area contributed by atoms with E-state index in [1.807, 2.05) is 26.4 Å². The van der Waals surface area contributed by atoms with Crippen LogP contribution in [0.2, 0.25) is 0 Å². The van der Waals surface area contributed by atoms with E-state index >= 15 is 0 Å². The molecule has 1 fully saturated rings. The third-order valence-electron chi connectivity index (χ3n) is 3.97. The summed E-state index contributed by atoms with van der Waals surface area (Å²) in [6.07, 6.45) is 6.13.